The highest BCUT2D eigenvalue weighted by atomic mass is 19.2. The van der Waals surface area contributed by atoms with Gasteiger partial charge in [-0.15, -0.1) is 0 Å². The van der Waals surface area contributed by atoms with E-state index >= 15 is 0 Å². The molecule has 0 spiro atoms. The zero-order valence-electron chi connectivity index (χ0n) is 9.86. The lowest BCUT2D eigenvalue weighted by Gasteiger charge is -2.08. The molecule has 19 heavy (non-hydrogen) atoms. The summed E-state index contributed by atoms with van der Waals surface area (Å²) in [6, 6.07) is 4.93. The number of nitrogens with zero attached hydrogens (tertiary/aromatic N) is 1. The molecule has 2 aromatic rings. The van der Waals surface area contributed by atoms with Crippen molar-refractivity contribution in [3.63, 3.8) is 0 Å². The summed E-state index contributed by atoms with van der Waals surface area (Å²) in [6.07, 6.45) is 1.57. The van der Waals surface area contributed by atoms with Crippen LogP contribution in [0.2, 0.25) is 0 Å². The van der Waals surface area contributed by atoms with Gasteiger partial charge in [0.05, 0.1) is 11.3 Å². The number of nitrogen functional groups attached to an aromatic ring is 1. The summed E-state index contributed by atoms with van der Waals surface area (Å²) in [4.78, 5) is 15.3. The van der Waals surface area contributed by atoms with Crippen LogP contribution in [0.15, 0.2) is 30.5 Å². The van der Waals surface area contributed by atoms with Crippen molar-refractivity contribution in [1.82, 2.24) is 4.98 Å². The second kappa shape index (κ2) is 5.01. The smallest absolute Gasteiger partial charge is 0.252 e. The Kier molecular flexibility index (Phi) is 3.41. The predicted molar refractivity (Wildman–Crippen MR) is 66.3 cm³/mol. The molecule has 1 aromatic carbocycles. The third-order valence-electron chi connectivity index (χ3n) is 2.66. The number of primary amides is 1. The molecule has 6 heteroatoms. The molecule has 2 rings (SSSR count). The van der Waals surface area contributed by atoms with E-state index in [9.17, 15) is 13.6 Å². The number of halogens is 2. The minimum atomic E-state index is -0.956. The molecular formula is C13H11F2N3O. The number of hydrogen-bond acceptors (Lipinski definition) is 3. The molecule has 0 aliphatic heterocycles. The lowest BCUT2D eigenvalue weighted by atomic mass is 10.0. The number of anilines is 1. The van der Waals surface area contributed by atoms with Gasteiger partial charge >= 0.3 is 0 Å². The van der Waals surface area contributed by atoms with Crippen LogP contribution in [0.5, 0.6) is 0 Å². The van der Waals surface area contributed by atoms with Crippen LogP contribution in [0, 0.1) is 11.6 Å². The summed E-state index contributed by atoms with van der Waals surface area (Å²) in [5, 5.41) is 0. The Balaban J connectivity index is 2.40. The maximum Gasteiger partial charge on any atom is 0.252 e. The van der Waals surface area contributed by atoms with Crippen LogP contribution >= 0.6 is 0 Å². The second-order valence-electron chi connectivity index (χ2n) is 4.01. The largest absolute Gasteiger partial charge is 0.398 e. The van der Waals surface area contributed by atoms with E-state index in [4.69, 9.17) is 11.5 Å². The maximum absolute atomic E-state index is 13.1. The Morgan fingerprint density at radius 2 is 1.95 bits per heavy atom. The van der Waals surface area contributed by atoms with Crippen LogP contribution in [0.3, 0.4) is 0 Å². The van der Waals surface area contributed by atoms with Gasteiger partial charge in [-0.2, -0.15) is 0 Å². The number of rotatable bonds is 3. The summed E-state index contributed by atoms with van der Waals surface area (Å²) in [6.45, 7) is 0. The Labute approximate surface area is 108 Å². The summed E-state index contributed by atoms with van der Waals surface area (Å²) in [5.74, 6) is -2.59. The van der Waals surface area contributed by atoms with E-state index in [1.165, 1.54) is 18.3 Å². The molecule has 1 aromatic heterocycles. The summed E-state index contributed by atoms with van der Waals surface area (Å²) >= 11 is 0. The summed E-state index contributed by atoms with van der Waals surface area (Å²) in [5.41, 5.74) is 12.0. The Morgan fingerprint density at radius 1 is 1.21 bits per heavy atom. The highest BCUT2D eigenvalue weighted by Crippen LogP contribution is 2.18. The van der Waals surface area contributed by atoms with E-state index in [1.54, 1.807) is 0 Å². The minimum absolute atomic E-state index is 0.104. The monoisotopic (exact) mass is 263 g/mol. The zero-order valence-corrected chi connectivity index (χ0v) is 9.86. The molecule has 0 aliphatic carbocycles. The Morgan fingerprint density at radius 3 is 2.58 bits per heavy atom. The van der Waals surface area contributed by atoms with E-state index in [0.717, 1.165) is 12.1 Å². The van der Waals surface area contributed by atoms with Gasteiger partial charge in [-0.05, 0) is 23.8 Å². The van der Waals surface area contributed by atoms with Crippen molar-refractivity contribution < 1.29 is 13.6 Å². The number of hydrogen-bond donors (Lipinski definition) is 2. The quantitative estimate of drug-likeness (QED) is 0.883. The Hall–Kier alpha value is -2.50. The molecule has 0 saturated carbocycles. The van der Waals surface area contributed by atoms with Crippen LogP contribution in [-0.4, -0.2) is 10.9 Å². The van der Waals surface area contributed by atoms with Crippen LogP contribution in [0.4, 0.5) is 14.5 Å². The summed E-state index contributed by atoms with van der Waals surface area (Å²) in [7, 11) is 0. The van der Waals surface area contributed by atoms with Crippen LogP contribution in [0.1, 0.15) is 21.6 Å². The van der Waals surface area contributed by atoms with E-state index in [-0.39, 0.29) is 17.7 Å². The number of pyridine rings is 1. The molecule has 0 fully saturated rings. The second-order valence-corrected chi connectivity index (χ2v) is 4.01. The fourth-order valence-corrected chi connectivity index (χ4v) is 1.78. The Bertz CT molecular complexity index is 644. The molecule has 1 heterocycles. The number of carbonyl (C=O) groups is 1. The van der Waals surface area contributed by atoms with Crippen molar-refractivity contribution >= 4 is 11.6 Å². The lowest BCUT2D eigenvalue weighted by Crippen LogP contribution is -2.17. The number of benzene rings is 1. The van der Waals surface area contributed by atoms with Crippen molar-refractivity contribution in [2.24, 2.45) is 5.73 Å². The molecule has 0 bridgehead atoms. The van der Waals surface area contributed by atoms with Gasteiger partial charge in [0.25, 0.3) is 5.91 Å². The van der Waals surface area contributed by atoms with Crippen LogP contribution in [0.25, 0.3) is 0 Å². The van der Waals surface area contributed by atoms with Crippen molar-refractivity contribution in [1.29, 1.82) is 0 Å². The molecule has 0 saturated heterocycles. The SMILES string of the molecule is NC(=O)c1c(N)ccnc1Cc1ccc(F)c(F)c1. The number of aromatic nitrogens is 1. The van der Waals surface area contributed by atoms with Crippen molar-refractivity contribution in [2.75, 3.05) is 5.73 Å². The fourth-order valence-electron chi connectivity index (χ4n) is 1.78. The molecule has 0 radical (unpaired) electrons. The molecule has 4 nitrogen and oxygen atoms in total. The first-order valence-electron chi connectivity index (χ1n) is 5.46. The molecule has 98 valence electrons. The van der Waals surface area contributed by atoms with Crippen molar-refractivity contribution in [2.45, 2.75) is 6.42 Å². The van der Waals surface area contributed by atoms with Gasteiger partial charge in [-0.3, -0.25) is 9.78 Å². The average Bonchev–Trinajstić information content (AvgIpc) is 2.33. The molecule has 0 aliphatic rings. The van der Waals surface area contributed by atoms with Gasteiger partial charge in [0, 0.05) is 18.3 Å². The van der Waals surface area contributed by atoms with Crippen molar-refractivity contribution in [3.8, 4) is 0 Å². The van der Waals surface area contributed by atoms with Gasteiger partial charge in [0.2, 0.25) is 0 Å². The van der Waals surface area contributed by atoms with Gasteiger partial charge in [-0.1, -0.05) is 6.07 Å². The number of carbonyl (C=O) groups excluding carboxylic acids is 1. The molecule has 0 unspecified atom stereocenters. The average molecular weight is 263 g/mol. The molecule has 0 atom stereocenters. The molecular weight excluding hydrogens is 252 g/mol. The lowest BCUT2D eigenvalue weighted by molar-refractivity contribution is 0.1000. The van der Waals surface area contributed by atoms with E-state index in [2.05, 4.69) is 4.98 Å². The van der Waals surface area contributed by atoms with E-state index < -0.39 is 17.5 Å². The third kappa shape index (κ3) is 2.67. The van der Waals surface area contributed by atoms with E-state index in [1.807, 2.05) is 0 Å². The van der Waals surface area contributed by atoms with Crippen molar-refractivity contribution in [3.05, 3.63) is 58.9 Å². The highest BCUT2D eigenvalue weighted by molar-refractivity contribution is 5.99. The number of amides is 1. The molecule has 1 amide bonds. The first kappa shape index (κ1) is 12.9. The first-order valence-corrected chi connectivity index (χ1v) is 5.46. The van der Waals surface area contributed by atoms with Gasteiger partial charge in [0.1, 0.15) is 0 Å². The van der Waals surface area contributed by atoms with Gasteiger partial charge in [0.15, 0.2) is 11.6 Å². The third-order valence-corrected chi connectivity index (χ3v) is 2.66. The van der Waals surface area contributed by atoms with Gasteiger partial charge in [-0.25, -0.2) is 8.78 Å². The first-order chi connectivity index (χ1) is 8.99. The normalized spacial score (nSPS) is 10.4. The summed E-state index contributed by atoms with van der Waals surface area (Å²) < 4.78 is 25.9. The van der Waals surface area contributed by atoms with E-state index in [0.29, 0.717) is 11.3 Å². The van der Waals surface area contributed by atoms with Crippen LogP contribution < -0.4 is 11.5 Å². The highest BCUT2D eigenvalue weighted by Gasteiger charge is 2.14. The zero-order chi connectivity index (χ0) is 14.0. The van der Waals surface area contributed by atoms with Gasteiger partial charge < -0.3 is 11.5 Å². The topological polar surface area (TPSA) is 82.0 Å². The maximum atomic E-state index is 13.1. The van der Waals surface area contributed by atoms with Crippen LogP contribution in [-0.2, 0) is 6.42 Å². The molecule has 4 N–H and O–H groups in total. The standard InChI is InChI=1S/C13H11F2N3O/c14-8-2-1-7(5-9(8)15)6-11-12(13(17)19)10(16)3-4-18-11/h1-5H,6H2,(H2,16,18)(H2,17,19). The number of nitrogens with two attached hydrogens (primary N) is 2. The predicted octanol–water partition coefficient (Wildman–Crippen LogP) is 1.63. The minimum Gasteiger partial charge on any atom is -0.398 e. The fraction of sp³-hybridized carbons (Fsp3) is 0.0769.